The predicted octanol–water partition coefficient (Wildman–Crippen LogP) is 9.85. The van der Waals surface area contributed by atoms with E-state index >= 15 is 0 Å². The number of aromatic nitrogens is 3. The van der Waals surface area contributed by atoms with Crippen LogP contribution < -0.4 is 0 Å². The maximum absolute atomic E-state index is 9.52. The average molecular weight is 602 g/mol. The molecule has 0 amide bonds. The lowest BCUT2D eigenvalue weighted by molar-refractivity contribution is 0.669. The van der Waals surface area contributed by atoms with E-state index in [0.29, 0.717) is 28.6 Å². The van der Waals surface area contributed by atoms with Crippen molar-refractivity contribution in [2.45, 2.75) is 0 Å². The van der Waals surface area contributed by atoms with Crippen LogP contribution in [0.1, 0.15) is 11.1 Å². The summed E-state index contributed by atoms with van der Waals surface area (Å²) in [7, 11) is 0. The standard InChI is InChI=1S/C41H23N5O/c42-24-26-19-27(25-43)21-33(20-26)30-13-7-14-31(22-30)40-44-39(29-11-5-2-6-12-29)45-41(46-40)32-17-18-35-37(23-32)47-36-16-8-15-34(38(35)36)28-9-3-1-4-10-28/h1-23H. The van der Waals surface area contributed by atoms with Crippen LogP contribution in [0.2, 0.25) is 0 Å². The van der Waals surface area contributed by atoms with Crippen LogP contribution in [0.4, 0.5) is 0 Å². The van der Waals surface area contributed by atoms with Crippen LogP contribution in [-0.4, -0.2) is 15.0 Å². The van der Waals surface area contributed by atoms with E-state index in [1.807, 2.05) is 97.1 Å². The molecule has 2 heterocycles. The summed E-state index contributed by atoms with van der Waals surface area (Å²) in [5, 5.41) is 21.1. The number of nitriles is 2. The van der Waals surface area contributed by atoms with Crippen LogP contribution in [0.25, 0.3) is 78.4 Å². The number of hydrogen-bond donors (Lipinski definition) is 0. The molecule has 0 bridgehead atoms. The van der Waals surface area contributed by atoms with Crippen molar-refractivity contribution in [3.8, 4) is 68.6 Å². The van der Waals surface area contributed by atoms with Crippen molar-refractivity contribution in [3.63, 3.8) is 0 Å². The van der Waals surface area contributed by atoms with Gasteiger partial charge in [-0.25, -0.2) is 15.0 Å². The molecule has 8 aromatic rings. The first-order valence-electron chi connectivity index (χ1n) is 15.1. The lowest BCUT2D eigenvalue weighted by Gasteiger charge is -2.10. The summed E-state index contributed by atoms with van der Waals surface area (Å²) in [4.78, 5) is 14.8. The van der Waals surface area contributed by atoms with Crippen LogP contribution >= 0.6 is 0 Å². The molecule has 0 unspecified atom stereocenters. The van der Waals surface area contributed by atoms with Crippen molar-refractivity contribution in [1.82, 2.24) is 15.0 Å². The Morgan fingerprint density at radius 2 is 1.00 bits per heavy atom. The van der Waals surface area contributed by atoms with Crippen LogP contribution in [0, 0.1) is 22.7 Å². The molecular formula is C41H23N5O. The van der Waals surface area contributed by atoms with Crippen LogP contribution in [0.3, 0.4) is 0 Å². The Bertz CT molecular complexity index is 2510. The second-order valence-corrected chi connectivity index (χ2v) is 11.1. The van der Waals surface area contributed by atoms with E-state index in [2.05, 4.69) is 36.4 Å². The number of nitrogens with zero attached hydrogens (tertiary/aromatic N) is 5. The third kappa shape index (κ3) is 5.17. The minimum Gasteiger partial charge on any atom is -0.456 e. The molecule has 0 radical (unpaired) electrons. The molecule has 47 heavy (non-hydrogen) atoms. The molecule has 218 valence electrons. The van der Waals surface area contributed by atoms with Crippen LogP contribution in [0.15, 0.2) is 144 Å². The van der Waals surface area contributed by atoms with Gasteiger partial charge in [0, 0.05) is 27.5 Å². The lowest BCUT2D eigenvalue weighted by atomic mass is 9.98. The highest BCUT2D eigenvalue weighted by atomic mass is 16.3. The summed E-state index contributed by atoms with van der Waals surface area (Å²) in [5.41, 5.74) is 8.72. The summed E-state index contributed by atoms with van der Waals surface area (Å²) in [6.07, 6.45) is 0. The molecule has 6 aromatic carbocycles. The Kier molecular flexibility index (Phi) is 6.80. The van der Waals surface area contributed by atoms with Gasteiger partial charge in [-0.15, -0.1) is 0 Å². The molecular weight excluding hydrogens is 578 g/mol. The van der Waals surface area contributed by atoms with E-state index in [-0.39, 0.29) is 0 Å². The zero-order valence-electron chi connectivity index (χ0n) is 24.9. The highest BCUT2D eigenvalue weighted by molar-refractivity contribution is 6.13. The molecule has 0 saturated carbocycles. The molecule has 0 aliphatic heterocycles. The molecule has 0 aliphatic carbocycles. The Morgan fingerprint density at radius 1 is 0.426 bits per heavy atom. The first-order valence-corrected chi connectivity index (χ1v) is 15.1. The predicted molar refractivity (Wildman–Crippen MR) is 184 cm³/mol. The van der Waals surface area contributed by atoms with Crippen molar-refractivity contribution in [2.24, 2.45) is 0 Å². The van der Waals surface area contributed by atoms with Gasteiger partial charge in [0.2, 0.25) is 0 Å². The van der Waals surface area contributed by atoms with Gasteiger partial charge >= 0.3 is 0 Å². The van der Waals surface area contributed by atoms with Gasteiger partial charge in [0.25, 0.3) is 0 Å². The number of furan rings is 1. The lowest BCUT2D eigenvalue weighted by Crippen LogP contribution is -2.00. The van der Waals surface area contributed by atoms with Crippen molar-refractivity contribution in [1.29, 1.82) is 10.5 Å². The maximum Gasteiger partial charge on any atom is 0.164 e. The highest BCUT2D eigenvalue weighted by Gasteiger charge is 2.17. The van der Waals surface area contributed by atoms with Crippen molar-refractivity contribution >= 4 is 21.9 Å². The number of fused-ring (bicyclic) bond motifs is 3. The van der Waals surface area contributed by atoms with Gasteiger partial charge in [0.15, 0.2) is 17.5 Å². The average Bonchev–Trinajstić information content (AvgIpc) is 3.53. The van der Waals surface area contributed by atoms with Gasteiger partial charge in [0.05, 0.1) is 23.3 Å². The minimum atomic E-state index is 0.426. The summed E-state index contributed by atoms with van der Waals surface area (Å²) < 4.78 is 6.39. The van der Waals surface area contributed by atoms with E-state index in [9.17, 15) is 10.5 Å². The second kappa shape index (κ2) is 11.6. The van der Waals surface area contributed by atoms with E-state index < -0.39 is 0 Å². The van der Waals surface area contributed by atoms with Gasteiger partial charge in [-0.3, -0.25) is 0 Å². The van der Waals surface area contributed by atoms with Gasteiger partial charge in [-0.1, -0.05) is 97.1 Å². The highest BCUT2D eigenvalue weighted by Crippen LogP contribution is 2.38. The number of hydrogen-bond acceptors (Lipinski definition) is 6. The maximum atomic E-state index is 9.52. The zero-order valence-corrected chi connectivity index (χ0v) is 24.9. The van der Waals surface area contributed by atoms with Crippen molar-refractivity contribution in [3.05, 3.63) is 151 Å². The number of rotatable bonds is 5. The Morgan fingerprint density at radius 3 is 1.68 bits per heavy atom. The first-order chi connectivity index (χ1) is 23.2. The fourth-order valence-corrected chi connectivity index (χ4v) is 5.93. The van der Waals surface area contributed by atoms with Gasteiger partial charge in [-0.05, 0) is 64.7 Å². The van der Waals surface area contributed by atoms with E-state index in [4.69, 9.17) is 19.4 Å². The molecule has 0 atom stereocenters. The van der Waals surface area contributed by atoms with Gasteiger partial charge < -0.3 is 4.42 Å². The Hall–Kier alpha value is -6.89. The van der Waals surface area contributed by atoms with E-state index in [1.165, 1.54) is 0 Å². The van der Waals surface area contributed by atoms with Gasteiger partial charge in [0.1, 0.15) is 11.2 Å². The normalized spacial score (nSPS) is 10.9. The molecule has 0 spiro atoms. The monoisotopic (exact) mass is 601 g/mol. The quantitative estimate of drug-likeness (QED) is 0.195. The van der Waals surface area contributed by atoms with Crippen LogP contribution in [0.5, 0.6) is 0 Å². The second-order valence-electron chi connectivity index (χ2n) is 11.1. The molecule has 0 N–H and O–H groups in total. The molecule has 0 saturated heterocycles. The molecule has 8 rings (SSSR count). The first kappa shape index (κ1) is 27.6. The largest absolute Gasteiger partial charge is 0.456 e. The van der Waals surface area contributed by atoms with E-state index in [0.717, 1.165) is 60.9 Å². The molecule has 2 aromatic heterocycles. The molecule has 6 heteroatoms. The molecule has 6 nitrogen and oxygen atoms in total. The fourth-order valence-electron chi connectivity index (χ4n) is 5.93. The minimum absolute atomic E-state index is 0.426. The summed E-state index contributed by atoms with van der Waals surface area (Å²) in [6, 6.07) is 49.6. The molecule has 0 aliphatic rings. The Labute approximate surface area is 270 Å². The van der Waals surface area contributed by atoms with Crippen molar-refractivity contribution < 1.29 is 4.42 Å². The third-order valence-corrected chi connectivity index (χ3v) is 8.15. The zero-order chi connectivity index (χ0) is 31.7. The summed E-state index contributed by atoms with van der Waals surface area (Å²) >= 11 is 0. The Balaban J connectivity index is 1.28. The van der Waals surface area contributed by atoms with E-state index in [1.54, 1.807) is 18.2 Å². The fraction of sp³-hybridized carbons (Fsp3) is 0. The van der Waals surface area contributed by atoms with Gasteiger partial charge in [-0.2, -0.15) is 10.5 Å². The van der Waals surface area contributed by atoms with Crippen LogP contribution in [-0.2, 0) is 0 Å². The van der Waals surface area contributed by atoms with Crippen molar-refractivity contribution in [2.75, 3.05) is 0 Å². The SMILES string of the molecule is N#Cc1cc(C#N)cc(-c2cccc(-c3nc(-c4ccccc4)nc(-c4ccc5c(c4)oc4cccc(-c6ccccc6)c45)n3)c2)c1. The summed E-state index contributed by atoms with van der Waals surface area (Å²) in [5.74, 6) is 1.57. The number of benzene rings is 6. The third-order valence-electron chi connectivity index (χ3n) is 8.15. The topological polar surface area (TPSA) is 99.4 Å². The summed E-state index contributed by atoms with van der Waals surface area (Å²) in [6.45, 7) is 0. The smallest absolute Gasteiger partial charge is 0.164 e. The molecule has 0 fully saturated rings.